The number of carbonyl (C=O) groups is 1. The Bertz CT molecular complexity index is 1130. The van der Waals surface area contributed by atoms with Crippen molar-refractivity contribution in [3.63, 3.8) is 0 Å². The first-order valence-corrected chi connectivity index (χ1v) is 8.87. The third kappa shape index (κ3) is 3.14. The van der Waals surface area contributed by atoms with Gasteiger partial charge in [0.15, 0.2) is 5.58 Å². The van der Waals surface area contributed by atoms with E-state index >= 15 is 0 Å². The Morgan fingerprint density at radius 2 is 1.78 bits per heavy atom. The van der Waals surface area contributed by atoms with Crippen molar-refractivity contribution >= 4 is 28.0 Å². The van der Waals surface area contributed by atoms with Gasteiger partial charge in [0.1, 0.15) is 11.3 Å². The van der Waals surface area contributed by atoms with Gasteiger partial charge in [0.25, 0.3) is 0 Å². The van der Waals surface area contributed by atoms with E-state index in [-0.39, 0.29) is 24.9 Å². The molecule has 27 heavy (non-hydrogen) atoms. The Hall–Kier alpha value is -3.28. The number of hydrogen-bond acceptors (Lipinski definition) is 4. The van der Waals surface area contributed by atoms with Gasteiger partial charge in [-0.25, -0.2) is 4.79 Å². The molecule has 138 valence electrons. The fraction of sp³-hybridized carbons (Fsp3) is 0.238. The molecule has 0 aliphatic rings. The summed E-state index contributed by atoms with van der Waals surface area (Å²) in [5, 5.41) is 1.01. The molecule has 0 saturated heterocycles. The van der Waals surface area contributed by atoms with Crippen molar-refractivity contribution in [2.24, 2.45) is 0 Å². The lowest BCUT2D eigenvalue weighted by atomic mass is 10.2. The molecule has 0 unspecified atom stereocenters. The fourth-order valence-electron chi connectivity index (χ4n) is 3.22. The van der Waals surface area contributed by atoms with E-state index in [1.807, 2.05) is 55.5 Å². The molecule has 6 heteroatoms. The predicted octanol–water partition coefficient (Wildman–Crippen LogP) is 3.95. The molecule has 2 aromatic carbocycles. The number of rotatable bonds is 5. The van der Waals surface area contributed by atoms with Gasteiger partial charge in [-0.1, -0.05) is 30.3 Å². The summed E-state index contributed by atoms with van der Waals surface area (Å²) in [5.74, 6) is 0.218. The summed E-state index contributed by atoms with van der Waals surface area (Å²) >= 11 is 0. The topological polar surface area (TPSA) is 68.6 Å². The molecule has 4 rings (SSSR count). The van der Waals surface area contributed by atoms with Crippen LogP contribution in [0.1, 0.15) is 25.1 Å². The molecular weight excluding hydrogens is 344 g/mol. The highest BCUT2D eigenvalue weighted by Gasteiger charge is 2.21. The van der Waals surface area contributed by atoms with Crippen LogP contribution in [-0.4, -0.2) is 22.4 Å². The smallest absolute Gasteiger partial charge is 0.419 e. The molecule has 2 aromatic heterocycles. The standard InChI is InChI=1S/C21H20N2O4/c1-14(19-13-15-7-3-5-9-17(15)26-19)22(2)20(24)11-12-23-16-8-4-6-10-18(16)27-21(23)25/h3-10,13-14H,11-12H2,1-2H3/t14-/m0/s1. The average Bonchev–Trinajstić information content (AvgIpc) is 3.25. The van der Waals surface area contributed by atoms with Crippen molar-refractivity contribution in [3.05, 3.63) is 70.9 Å². The van der Waals surface area contributed by atoms with Crippen LogP contribution in [0, 0.1) is 0 Å². The number of aromatic nitrogens is 1. The molecule has 0 N–H and O–H groups in total. The van der Waals surface area contributed by atoms with E-state index in [0.29, 0.717) is 11.1 Å². The first-order chi connectivity index (χ1) is 13.0. The molecule has 4 aromatic rings. The fourth-order valence-corrected chi connectivity index (χ4v) is 3.22. The molecule has 0 bridgehead atoms. The van der Waals surface area contributed by atoms with Crippen LogP contribution in [0.25, 0.3) is 22.1 Å². The highest BCUT2D eigenvalue weighted by molar-refractivity contribution is 5.79. The van der Waals surface area contributed by atoms with Crippen LogP contribution in [0.3, 0.4) is 0 Å². The highest BCUT2D eigenvalue weighted by Crippen LogP contribution is 2.27. The van der Waals surface area contributed by atoms with Crippen LogP contribution in [0.15, 0.2) is 68.2 Å². The number of fused-ring (bicyclic) bond motifs is 2. The van der Waals surface area contributed by atoms with Gasteiger partial charge in [-0.05, 0) is 31.2 Å². The number of aryl methyl sites for hydroxylation is 1. The molecule has 0 saturated carbocycles. The molecule has 0 radical (unpaired) electrons. The first kappa shape index (κ1) is 17.1. The van der Waals surface area contributed by atoms with Crippen molar-refractivity contribution in [1.29, 1.82) is 0 Å². The summed E-state index contributed by atoms with van der Waals surface area (Å²) in [6.07, 6.45) is 0.199. The first-order valence-electron chi connectivity index (χ1n) is 8.87. The quantitative estimate of drug-likeness (QED) is 0.538. The third-order valence-corrected chi connectivity index (χ3v) is 4.95. The molecule has 0 aliphatic heterocycles. The maximum atomic E-state index is 12.7. The van der Waals surface area contributed by atoms with Gasteiger partial charge in [0, 0.05) is 25.4 Å². The van der Waals surface area contributed by atoms with Gasteiger partial charge < -0.3 is 13.7 Å². The molecule has 6 nitrogen and oxygen atoms in total. The average molecular weight is 364 g/mol. The number of nitrogens with zero attached hydrogens (tertiary/aromatic N) is 2. The minimum atomic E-state index is -0.447. The molecular formula is C21H20N2O4. The van der Waals surface area contributed by atoms with Crippen LogP contribution in [0.4, 0.5) is 0 Å². The van der Waals surface area contributed by atoms with Gasteiger partial charge in [-0.2, -0.15) is 0 Å². The summed E-state index contributed by atoms with van der Waals surface area (Å²) in [6, 6.07) is 16.7. The summed E-state index contributed by atoms with van der Waals surface area (Å²) in [5.41, 5.74) is 2.03. The van der Waals surface area contributed by atoms with E-state index in [9.17, 15) is 9.59 Å². The second-order valence-electron chi connectivity index (χ2n) is 6.60. The van der Waals surface area contributed by atoms with Gasteiger partial charge in [-0.15, -0.1) is 0 Å². The number of para-hydroxylation sites is 3. The lowest BCUT2D eigenvalue weighted by Crippen LogP contribution is -2.31. The van der Waals surface area contributed by atoms with E-state index < -0.39 is 5.76 Å². The van der Waals surface area contributed by atoms with Gasteiger partial charge in [-0.3, -0.25) is 9.36 Å². The Labute approximate surface area is 155 Å². The molecule has 0 aliphatic carbocycles. The van der Waals surface area contributed by atoms with Crippen LogP contribution in [0.2, 0.25) is 0 Å². The Morgan fingerprint density at radius 1 is 1.07 bits per heavy atom. The number of carbonyl (C=O) groups excluding carboxylic acids is 1. The predicted molar refractivity (Wildman–Crippen MR) is 102 cm³/mol. The zero-order valence-corrected chi connectivity index (χ0v) is 15.2. The monoisotopic (exact) mass is 364 g/mol. The van der Waals surface area contributed by atoms with E-state index in [1.54, 1.807) is 18.0 Å². The van der Waals surface area contributed by atoms with Crippen molar-refractivity contribution in [3.8, 4) is 0 Å². The molecule has 2 heterocycles. The minimum Gasteiger partial charge on any atom is -0.459 e. The highest BCUT2D eigenvalue weighted by atomic mass is 16.4. The second kappa shape index (κ2) is 6.79. The van der Waals surface area contributed by atoms with Crippen LogP contribution < -0.4 is 5.76 Å². The van der Waals surface area contributed by atoms with Crippen molar-refractivity contribution in [1.82, 2.24) is 9.47 Å². The van der Waals surface area contributed by atoms with Crippen molar-refractivity contribution < 1.29 is 13.6 Å². The number of amides is 1. The summed E-state index contributed by atoms with van der Waals surface area (Å²) in [7, 11) is 1.75. The Balaban J connectivity index is 1.48. The van der Waals surface area contributed by atoms with E-state index in [2.05, 4.69) is 0 Å². The number of benzene rings is 2. The van der Waals surface area contributed by atoms with E-state index in [0.717, 1.165) is 16.7 Å². The van der Waals surface area contributed by atoms with E-state index in [4.69, 9.17) is 8.83 Å². The SMILES string of the molecule is C[C@@H](c1cc2ccccc2o1)N(C)C(=O)CCn1c(=O)oc2ccccc21. The summed E-state index contributed by atoms with van der Waals surface area (Å²) in [6.45, 7) is 2.20. The maximum absolute atomic E-state index is 12.7. The molecule has 1 amide bonds. The Morgan fingerprint density at radius 3 is 2.56 bits per heavy atom. The van der Waals surface area contributed by atoms with Crippen LogP contribution >= 0.6 is 0 Å². The zero-order valence-electron chi connectivity index (χ0n) is 15.2. The lowest BCUT2D eigenvalue weighted by Gasteiger charge is -2.23. The summed E-state index contributed by atoms with van der Waals surface area (Å²) in [4.78, 5) is 26.3. The molecule has 1 atom stereocenters. The van der Waals surface area contributed by atoms with E-state index in [1.165, 1.54) is 4.57 Å². The number of furan rings is 1. The minimum absolute atomic E-state index is 0.0693. The second-order valence-corrected chi connectivity index (χ2v) is 6.60. The lowest BCUT2D eigenvalue weighted by molar-refractivity contribution is -0.132. The van der Waals surface area contributed by atoms with Crippen molar-refractivity contribution in [2.45, 2.75) is 25.9 Å². The van der Waals surface area contributed by atoms with Crippen LogP contribution in [0.5, 0.6) is 0 Å². The largest absolute Gasteiger partial charge is 0.459 e. The van der Waals surface area contributed by atoms with Gasteiger partial charge >= 0.3 is 5.76 Å². The molecule has 0 fully saturated rings. The van der Waals surface area contributed by atoms with Gasteiger partial charge in [0.2, 0.25) is 5.91 Å². The number of hydrogen-bond donors (Lipinski definition) is 0. The van der Waals surface area contributed by atoms with Gasteiger partial charge in [0.05, 0.1) is 11.6 Å². The van der Waals surface area contributed by atoms with Crippen LogP contribution in [-0.2, 0) is 11.3 Å². The third-order valence-electron chi connectivity index (χ3n) is 4.95. The summed E-state index contributed by atoms with van der Waals surface area (Å²) < 4.78 is 12.6. The molecule has 0 spiro atoms. The Kier molecular flexibility index (Phi) is 4.32. The maximum Gasteiger partial charge on any atom is 0.419 e. The normalized spacial score (nSPS) is 12.5. The zero-order chi connectivity index (χ0) is 19.0. The number of oxazole rings is 1. The van der Waals surface area contributed by atoms with Crippen molar-refractivity contribution in [2.75, 3.05) is 7.05 Å².